The summed E-state index contributed by atoms with van der Waals surface area (Å²) >= 11 is 2.93. The molecule has 164 valence electrons. The van der Waals surface area contributed by atoms with Crippen LogP contribution in [0.1, 0.15) is 36.3 Å². The lowest BCUT2D eigenvalue weighted by Gasteiger charge is -2.18. The largest absolute Gasteiger partial charge is 0.341 e. The van der Waals surface area contributed by atoms with E-state index in [-0.39, 0.29) is 23.0 Å². The number of rotatable bonds is 6. The normalized spacial score (nSPS) is 15.8. The van der Waals surface area contributed by atoms with Crippen LogP contribution >= 0.6 is 23.1 Å². The van der Waals surface area contributed by atoms with Gasteiger partial charge in [0.1, 0.15) is 10.6 Å². The standard InChI is InChI=1S/C23H26FN3O2S2/c1-4-27-22(29)20-17-10-5-14(2)11-18(17)31-21(20)25-23(27)30-13-19(28)26(3)12-15-6-8-16(24)9-7-15/h6-9,14H,4-5,10-13H2,1-3H3. The quantitative estimate of drug-likeness (QED) is 0.403. The molecule has 2 heterocycles. The van der Waals surface area contributed by atoms with Crippen LogP contribution in [0.3, 0.4) is 0 Å². The number of amides is 1. The van der Waals surface area contributed by atoms with E-state index in [1.165, 1.54) is 34.3 Å². The Morgan fingerprint density at radius 3 is 2.81 bits per heavy atom. The van der Waals surface area contributed by atoms with Crippen molar-refractivity contribution in [1.82, 2.24) is 14.5 Å². The second kappa shape index (κ2) is 9.12. The van der Waals surface area contributed by atoms with E-state index in [4.69, 9.17) is 4.98 Å². The van der Waals surface area contributed by atoms with E-state index in [9.17, 15) is 14.0 Å². The number of aryl methyl sites for hydroxylation is 1. The number of carbonyl (C=O) groups excluding carboxylic acids is 1. The van der Waals surface area contributed by atoms with Gasteiger partial charge in [0, 0.05) is 25.0 Å². The molecule has 0 saturated carbocycles. The molecule has 31 heavy (non-hydrogen) atoms. The third-order valence-electron chi connectivity index (χ3n) is 5.78. The molecule has 0 aliphatic heterocycles. The van der Waals surface area contributed by atoms with Crippen LogP contribution in [0, 0.1) is 11.7 Å². The Labute approximate surface area is 189 Å². The summed E-state index contributed by atoms with van der Waals surface area (Å²) in [6.07, 6.45) is 3.06. The number of thiophene rings is 1. The Morgan fingerprint density at radius 1 is 1.35 bits per heavy atom. The summed E-state index contributed by atoms with van der Waals surface area (Å²) in [5, 5.41) is 1.37. The second-order valence-electron chi connectivity index (χ2n) is 8.14. The van der Waals surface area contributed by atoms with Gasteiger partial charge in [0.15, 0.2) is 5.16 Å². The van der Waals surface area contributed by atoms with Gasteiger partial charge in [-0.2, -0.15) is 0 Å². The number of benzene rings is 1. The number of hydrogen-bond acceptors (Lipinski definition) is 5. The van der Waals surface area contributed by atoms with E-state index < -0.39 is 0 Å². The number of fused-ring (bicyclic) bond motifs is 3. The first-order valence-electron chi connectivity index (χ1n) is 10.5. The predicted molar refractivity (Wildman–Crippen MR) is 124 cm³/mol. The molecule has 4 rings (SSSR count). The molecule has 0 bridgehead atoms. The van der Waals surface area contributed by atoms with Gasteiger partial charge in [-0.3, -0.25) is 14.2 Å². The fraction of sp³-hybridized carbons (Fsp3) is 0.435. The molecule has 1 aliphatic rings. The van der Waals surface area contributed by atoms with Gasteiger partial charge in [0.2, 0.25) is 5.91 Å². The number of halogens is 1. The minimum Gasteiger partial charge on any atom is -0.341 e. The van der Waals surface area contributed by atoms with Crippen molar-refractivity contribution in [2.24, 2.45) is 5.92 Å². The molecule has 1 aromatic carbocycles. The Morgan fingerprint density at radius 2 is 2.10 bits per heavy atom. The fourth-order valence-corrected chi connectivity index (χ4v) is 6.41. The average molecular weight is 460 g/mol. The summed E-state index contributed by atoms with van der Waals surface area (Å²) in [7, 11) is 1.73. The Hall–Kier alpha value is -2.19. The summed E-state index contributed by atoms with van der Waals surface area (Å²) in [5.41, 5.74) is 2.06. The molecule has 0 saturated heterocycles. The third kappa shape index (κ3) is 4.55. The van der Waals surface area contributed by atoms with Crippen molar-refractivity contribution in [3.63, 3.8) is 0 Å². The summed E-state index contributed by atoms with van der Waals surface area (Å²) in [6.45, 7) is 5.11. The third-order valence-corrected chi connectivity index (χ3v) is 7.89. The lowest BCUT2D eigenvalue weighted by molar-refractivity contribution is -0.127. The predicted octanol–water partition coefficient (Wildman–Crippen LogP) is 4.49. The first-order valence-corrected chi connectivity index (χ1v) is 12.3. The SMILES string of the molecule is CCn1c(SCC(=O)N(C)Cc2ccc(F)cc2)nc2sc3c(c2c1=O)CCC(C)C3. The summed E-state index contributed by atoms with van der Waals surface area (Å²) < 4.78 is 14.8. The molecule has 1 atom stereocenters. The van der Waals surface area contributed by atoms with Gasteiger partial charge in [-0.15, -0.1) is 11.3 Å². The van der Waals surface area contributed by atoms with Crippen molar-refractivity contribution in [3.05, 3.63) is 56.4 Å². The molecule has 0 N–H and O–H groups in total. The van der Waals surface area contributed by atoms with Gasteiger partial charge < -0.3 is 4.90 Å². The van der Waals surface area contributed by atoms with Crippen LogP contribution in [-0.4, -0.2) is 33.2 Å². The molecular formula is C23H26FN3O2S2. The van der Waals surface area contributed by atoms with E-state index in [1.54, 1.807) is 40.0 Å². The van der Waals surface area contributed by atoms with Crippen molar-refractivity contribution in [2.45, 2.75) is 51.4 Å². The highest BCUT2D eigenvalue weighted by molar-refractivity contribution is 7.99. The molecule has 0 fully saturated rings. The molecule has 8 heteroatoms. The minimum atomic E-state index is -0.294. The highest BCUT2D eigenvalue weighted by Crippen LogP contribution is 2.36. The molecule has 0 radical (unpaired) electrons. The van der Waals surface area contributed by atoms with Crippen LogP contribution in [0.5, 0.6) is 0 Å². The number of carbonyl (C=O) groups is 1. The molecule has 3 aromatic rings. The second-order valence-corrected chi connectivity index (χ2v) is 10.2. The lowest BCUT2D eigenvalue weighted by Crippen LogP contribution is -2.28. The average Bonchev–Trinajstić information content (AvgIpc) is 3.11. The first-order chi connectivity index (χ1) is 14.9. The minimum absolute atomic E-state index is 0.00849. The fourth-order valence-electron chi connectivity index (χ4n) is 3.98. The van der Waals surface area contributed by atoms with Crippen molar-refractivity contribution >= 4 is 39.2 Å². The van der Waals surface area contributed by atoms with Gasteiger partial charge in [-0.25, -0.2) is 9.37 Å². The van der Waals surface area contributed by atoms with E-state index in [1.807, 2.05) is 6.92 Å². The number of thioether (sulfide) groups is 1. The van der Waals surface area contributed by atoms with Crippen LogP contribution in [0.2, 0.25) is 0 Å². The van der Waals surface area contributed by atoms with Crippen molar-refractivity contribution in [1.29, 1.82) is 0 Å². The summed E-state index contributed by atoms with van der Waals surface area (Å²) in [4.78, 5) is 34.4. The first kappa shape index (κ1) is 22.0. The Bertz CT molecular complexity index is 1170. The molecule has 0 spiro atoms. The maximum Gasteiger partial charge on any atom is 0.263 e. The molecule has 1 amide bonds. The number of aromatic nitrogens is 2. The maximum atomic E-state index is 13.2. The zero-order chi connectivity index (χ0) is 22.1. The van der Waals surface area contributed by atoms with Crippen molar-refractivity contribution in [3.8, 4) is 0 Å². The Balaban J connectivity index is 1.53. The highest BCUT2D eigenvalue weighted by Gasteiger charge is 2.24. The van der Waals surface area contributed by atoms with Crippen LogP contribution in [0.15, 0.2) is 34.2 Å². The van der Waals surface area contributed by atoms with Crippen LogP contribution in [0.25, 0.3) is 10.2 Å². The molecular weight excluding hydrogens is 433 g/mol. The lowest BCUT2D eigenvalue weighted by atomic mass is 9.89. The van der Waals surface area contributed by atoms with Crippen LogP contribution < -0.4 is 5.56 Å². The van der Waals surface area contributed by atoms with Crippen molar-refractivity contribution in [2.75, 3.05) is 12.8 Å². The molecule has 1 unspecified atom stereocenters. The maximum absolute atomic E-state index is 13.2. The monoisotopic (exact) mass is 459 g/mol. The van der Waals surface area contributed by atoms with Crippen molar-refractivity contribution < 1.29 is 9.18 Å². The topological polar surface area (TPSA) is 55.2 Å². The molecule has 1 aliphatic carbocycles. The molecule has 2 aromatic heterocycles. The van der Waals surface area contributed by atoms with Gasteiger partial charge in [0.05, 0.1) is 11.1 Å². The van der Waals surface area contributed by atoms with E-state index in [0.717, 1.165) is 35.0 Å². The van der Waals surface area contributed by atoms with Gasteiger partial charge in [-0.1, -0.05) is 30.8 Å². The highest BCUT2D eigenvalue weighted by atomic mass is 32.2. The molecule has 5 nitrogen and oxygen atoms in total. The summed E-state index contributed by atoms with van der Waals surface area (Å²) in [5.74, 6) is 0.470. The zero-order valence-corrected chi connectivity index (χ0v) is 19.6. The Kier molecular flexibility index (Phi) is 6.48. The van der Waals surface area contributed by atoms with Gasteiger partial charge >= 0.3 is 0 Å². The van der Waals surface area contributed by atoms with Crippen LogP contribution in [0.4, 0.5) is 4.39 Å². The van der Waals surface area contributed by atoms with Crippen LogP contribution in [-0.2, 0) is 30.7 Å². The van der Waals surface area contributed by atoms with E-state index >= 15 is 0 Å². The van der Waals surface area contributed by atoms with E-state index in [0.29, 0.717) is 24.2 Å². The number of hydrogen-bond donors (Lipinski definition) is 0. The van der Waals surface area contributed by atoms with Gasteiger partial charge in [-0.05, 0) is 55.4 Å². The van der Waals surface area contributed by atoms with Gasteiger partial charge in [0.25, 0.3) is 5.56 Å². The van der Waals surface area contributed by atoms with E-state index in [2.05, 4.69) is 6.92 Å². The smallest absolute Gasteiger partial charge is 0.263 e. The zero-order valence-electron chi connectivity index (χ0n) is 18.0. The summed E-state index contributed by atoms with van der Waals surface area (Å²) in [6, 6.07) is 6.14. The number of nitrogens with zero attached hydrogens (tertiary/aromatic N) is 3.